The molecule has 0 aliphatic carbocycles. The maximum absolute atomic E-state index is 12.1. The summed E-state index contributed by atoms with van der Waals surface area (Å²) in [5.74, 6) is 1.42. The van der Waals surface area contributed by atoms with Gasteiger partial charge in [-0.2, -0.15) is 5.10 Å². The van der Waals surface area contributed by atoms with Crippen molar-refractivity contribution in [3.8, 4) is 50.3 Å². The highest BCUT2D eigenvalue weighted by molar-refractivity contribution is 7.09. The SMILES string of the molecule is C.C.C.CC.CC.CC(=O)c1ccccc1.CCc1ccc(-c2ccccc2)cc1.CCc1ccc(-c2cccnc2)cc1.CCc1ccc(-c2cnn(C)c2)cc1.CCc1ccc(-c2cocc2C)cc1.CCc1ccc(C2=CCN=C2)cc1.COc1ccc(NC(=O)c2cccc(C)c2)cc1C.Cc1ccc(C)c2ccccc12.Cc1ccc(C)c2ccccc12.Cc1cccc2ccccc12.Cc1csc(C(C)C)n1. The quantitative estimate of drug-likeness (QED) is 0.101. The number of rotatable bonds is 15. The number of amides is 1. The molecule has 10 nitrogen and oxygen atoms in total. The van der Waals surface area contributed by atoms with E-state index in [1.54, 1.807) is 50.2 Å². The average molecular weight is 1990 g/mol. The average Bonchev–Trinajstić information content (AvgIpc) is 1.03. The Balaban J connectivity index is 0.000000286. The van der Waals surface area contributed by atoms with E-state index in [0.29, 0.717) is 11.5 Å². The van der Waals surface area contributed by atoms with E-state index in [-0.39, 0.29) is 34.0 Å². The summed E-state index contributed by atoms with van der Waals surface area (Å²) in [5.41, 5.74) is 32.6. The van der Waals surface area contributed by atoms with Gasteiger partial charge in [-0.1, -0.05) is 426 Å². The first kappa shape index (κ1) is 123. The number of anilines is 1. The molecule has 0 saturated carbocycles. The van der Waals surface area contributed by atoms with Crippen LogP contribution in [0.5, 0.6) is 5.75 Å². The number of ether oxygens (including phenoxy) is 1. The standard InChI is InChI=1S/C16H17NO2.C14H14.C13H13N.C13H14O.C12H14N2.C12H13N.2C12H12.C11H10.C8H8O.C7H11NS.2C2H6.3CH4/c1-11-5-4-6-13(9-11)16(18)17-14-7-8-15(19-3)12(2)10-14;1-2-12-8-10-14(11-9-12)13-6-4-3-5-7-13;1-2-11-5-7-12(8-6-11)13-4-3-9-14-10-13;1-3-11-4-6-12(7-5-11)13-9-14-8-10(13)2;1-3-10-4-6-11(7-5-10)12-8-13-14(2)9-12;1-2-10-3-5-11(6-4-10)12-7-8-13-9-12;2*1-9-7-8-10(2)12-6-4-3-5-11(9)12;1-9-5-4-7-10-6-2-3-8-11(9)10;1-7(9)8-5-3-2-4-6-8;1-5(2)7-8-6(3)4-9-7;2*1-2;;;/h4-10H,1-3H3,(H,17,18);3-11H,2H2,1H3;3-10H,2H2,1H3;2*4-9H,3H2,1-2H3;3-7,9H,2,8H2,1H3;2*3-8H,1-2H3;2-8H,1H3;2-6H,1H3;4-5H,1-3H3;2*1-2H3;3*1H4. The summed E-state index contributed by atoms with van der Waals surface area (Å²) in [6.07, 6.45) is 20.8. The number of Topliss-reactive ketones (excluding diaryl/α,β-unsaturated/α-hetero) is 1. The molecule has 0 radical (unpaired) electrons. The van der Waals surface area contributed by atoms with Gasteiger partial charge in [-0.15, -0.1) is 11.3 Å². The molecular formula is C137H162N6O4S. The lowest BCUT2D eigenvalue weighted by atomic mass is 10.0. The number of furan rings is 1. The molecule has 19 aromatic rings. The number of carbonyl (C=O) groups is 2. The van der Waals surface area contributed by atoms with E-state index in [1.807, 2.05) is 164 Å². The highest BCUT2D eigenvalue weighted by Gasteiger charge is 2.11. The van der Waals surface area contributed by atoms with E-state index in [4.69, 9.17) is 9.15 Å². The number of carbonyl (C=O) groups excluding carboxylic acids is 2. The van der Waals surface area contributed by atoms with Crippen LogP contribution in [-0.2, 0) is 39.2 Å². The summed E-state index contributed by atoms with van der Waals surface area (Å²) in [7, 11) is 3.57. The van der Waals surface area contributed by atoms with Crippen LogP contribution in [0.3, 0.4) is 0 Å². The number of benzene rings is 15. The minimum Gasteiger partial charge on any atom is -0.496 e. The Morgan fingerprint density at radius 3 is 1.20 bits per heavy atom. The zero-order chi connectivity index (χ0) is 105. The summed E-state index contributed by atoms with van der Waals surface area (Å²) in [4.78, 5) is 35.3. The predicted molar refractivity (Wildman–Crippen MR) is 646 cm³/mol. The number of fused-ring (bicyclic) bond motifs is 3. The number of aromatic nitrogens is 4. The van der Waals surface area contributed by atoms with Crippen LogP contribution in [-0.4, -0.2) is 51.3 Å². The molecule has 1 N–H and O–H groups in total. The number of aryl methyl sites for hydroxylation is 15. The van der Waals surface area contributed by atoms with Crippen LogP contribution in [0, 0.1) is 62.3 Å². The van der Waals surface area contributed by atoms with Gasteiger partial charge >= 0.3 is 0 Å². The summed E-state index contributed by atoms with van der Waals surface area (Å²) in [5, 5.41) is 18.5. The molecule has 0 saturated heterocycles. The van der Waals surface area contributed by atoms with Crippen molar-refractivity contribution in [1.82, 2.24) is 19.7 Å². The van der Waals surface area contributed by atoms with Gasteiger partial charge in [0.05, 0.1) is 37.4 Å². The van der Waals surface area contributed by atoms with Gasteiger partial charge in [-0.3, -0.25) is 24.2 Å². The zero-order valence-corrected chi connectivity index (χ0v) is 90.6. The number of methoxy groups -OCH3 is 1. The Labute approximate surface area is 892 Å². The molecule has 0 atom stereocenters. The maximum Gasteiger partial charge on any atom is 0.255 e. The Hall–Kier alpha value is -15.3. The lowest BCUT2D eigenvalue weighted by molar-refractivity contribution is 0.101. The molecular weight excluding hydrogens is 1830 g/mol. The molecule has 1 aliphatic heterocycles. The minimum atomic E-state index is -0.103. The van der Waals surface area contributed by atoms with Crippen molar-refractivity contribution in [2.75, 3.05) is 19.0 Å². The molecule has 1 amide bonds. The number of hydrogen-bond acceptors (Lipinski definition) is 9. The van der Waals surface area contributed by atoms with E-state index in [2.05, 4.69) is 394 Å². The Kier molecular flexibility index (Phi) is 56.1. The van der Waals surface area contributed by atoms with Crippen molar-refractivity contribution >= 4 is 72.8 Å². The second-order valence-corrected chi connectivity index (χ2v) is 36.0. The van der Waals surface area contributed by atoms with Gasteiger partial charge < -0.3 is 14.5 Å². The first-order valence-corrected chi connectivity index (χ1v) is 51.7. The van der Waals surface area contributed by atoms with E-state index in [0.717, 1.165) is 72.5 Å². The molecule has 20 rings (SSSR count). The highest BCUT2D eigenvalue weighted by atomic mass is 32.1. The van der Waals surface area contributed by atoms with E-state index in [9.17, 15) is 9.59 Å². The fourth-order valence-corrected chi connectivity index (χ4v) is 16.2. The van der Waals surface area contributed by atoms with Crippen LogP contribution in [0.4, 0.5) is 5.69 Å². The number of aliphatic imine (C=N–C) groups is 1. The first-order chi connectivity index (χ1) is 70.3. The van der Waals surface area contributed by atoms with Gasteiger partial charge in [-0.05, 0) is 281 Å². The van der Waals surface area contributed by atoms with Gasteiger partial charge in [0.25, 0.3) is 5.91 Å². The zero-order valence-electron chi connectivity index (χ0n) is 89.8. The molecule has 1 aliphatic rings. The molecule has 148 heavy (non-hydrogen) atoms. The fourth-order valence-electron chi connectivity index (χ4n) is 15.4. The summed E-state index contributed by atoms with van der Waals surface area (Å²) >= 11 is 1.75. The number of hydrogen-bond donors (Lipinski definition) is 1. The van der Waals surface area contributed by atoms with Crippen molar-refractivity contribution in [2.45, 2.75) is 206 Å². The summed E-state index contributed by atoms with van der Waals surface area (Å²) in [6.45, 7) is 44.3. The number of nitrogens with one attached hydrogen (secondary N) is 1. The molecule has 0 spiro atoms. The van der Waals surface area contributed by atoms with Crippen molar-refractivity contribution < 1.29 is 18.7 Å². The first-order valence-electron chi connectivity index (χ1n) is 50.8. The van der Waals surface area contributed by atoms with E-state index >= 15 is 0 Å². The number of ketones is 1. The maximum atomic E-state index is 12.1. The van der Waals surface area contributed by atoms with Crippen LogP contribution in [0.1, 0.15) is 221 Å². The van der Waals surface area contributed by atoms with Gasteiger partial charge in [-0.25, -0.2) is 4.98 Å². The molecule has 5 heterocycles. The monoisotopic (exact) mass is 1990 g/mol. The molecule has 15 aromatic carbocycles. The van der Waals surface area contributed by atoms with Gasteiger partial charge in [0.15, 0.2) is 5.78 Å². The molecule has 4 aromatic heterocycles. The number of allylic oxidation sites excluding steroid dienone is 1. The van der Waals surface area contributed by atoms with Crippen LogP contribution < -0.4 is 10.1 Å². The second-order valence-electron chi connectivity index (χ2n) is 35.1. The Morgan fingerprint density at radius 1 is 0.405 bits per heavy atom. The van der Waals surface area contributed by atoms with Crippen molar-refractivity contribution in [3.05, 3.63) is 500 Å². The number of nitrogens with zero attached hydrogens (tertiary/aromatic N) is 5. The van der Waals surface area contributed by atoms with Crippen LogP contribution >= 0.6 is 11.3 Å². The van der Waals surface area contributed by atoms with Gasteiger partial charge in [0.1, 0.15) is 5.75 Å². The van der Waals surface area contributed by atoms with Crippen molar-refractivity contribution in [2.24, 2.45) is 12.0 Å². The summed E-state index contributed by atoms with van der Waals surface area (Å²) < 4.78 is 12.2. The van der Waals surface area contributed by atoms with E-state index < -0.39 is 0 Å². The molecule has 0 fully saturated rings. The Morgan fingerprint density at radius 2 is 0.818 bits per heavy atom. The summed E-state index contributed by atoms with van der Waals surface area (Å²) in [6, 6.07) is 121. The third-order valence-electron chi connectivity index (χ3n) is 24.1. The molecule has 11 heteroatoms. The second kappa shape index (κ2) is 67.4. The van der Waals surface area contributed by atoms with Crippen LogP contribution in [0.2, 0.25) is 0 Å². The molecule has 770 valence electrons. The third kappa shape index (κ3) is 40.3. The molecule has 0 bridgehead atoms. The normalized spacial score (nSPS) is 10.2. The largest absolute Gasteiger partial charge is 0.496 e. The highest BCUT2D eigenvalue weighted by Crippen LogP contribution is 2.30. The van der Waals surface area contributed by atoms with Crippen LogP contribution in [0.25, 0.3) is 82.4 Å². The number of thiazole rings is 1. The Bertz CT molecular complexity index is 6830. The molecule has 0 unspecified atom stereocenters. The number of pyridine rings is 1. The topological polar surface area (TPSA) is 125 Å². The van der Waals surface area contributed by atoms with Gasteiger partial charge in [0.2, 0.25) is 0 Å². The predicted octanol–water partition coefficient (Wildman–Crippen LogP) is 38.5. The van der Waals surface area contributed by atoms with Gasteiger partial charge in [0, 0.05) is 76.8 Å². The third-order valence-corrected chi connectivity index (χ3v) is 25.3. The fraction of sp³-hybridized carbons (Fsp3) is 0.241. The lowest BCUT2D eigenvalue weighted by Gasteiger charge is -2.09. The smallest absolute Gasteiger partial charge is 0.255 e. The van der Waals surface area contributed by atoms with Crippen molar-refractivity contribution in [3.63, 3.8) is 0 Å². The lowest BCUT2D eigenvalue weighted by Crippen LogP contribution is -2.12. The van der Waals surface area contributed by atoms with Crippen LogP contribution in [0.15, 0.2) is 410 Å². The van der Waals surface area contributed by atoms with Crippen molar-refractivity contribution in [1.29, 1.82) is 0 Å². The van der Waals surface area contributed by atoms with E-state index in [1.165, 1.54) is 154 Å². The minimum absolute atomic E-state index is 0.